The minimum absolute atomic E-state index is 0.593. The smallest absolute Gasteiger partial charge is 0.1000 e. The summed E-state index contributed by atoms with van der Waals surface area (Å²) in [7, 11) is 0. The molecule has 0 saturated carbocycles. The Hall–Kier alpha value is -1.71. The van der Waals surface area contributed by atoms with E-state index in [0.717, 1.165) is 21.3 Å². The molecule has 0 fully saturated rings. The van der Waals surface area contributed by atoms with Gasteiger partial charge in [-0.3, -0.25) is 4.98 Å². The summed E-state index contributed by atoms with van der Waals surface area (Å²) in [5.41, 5.74) is 1.26. The second-order valence-electron chi connectivity index (χ2n) is 5.35. The predicted molar refractivity (Wildman–Crippen MR) is 84.1 cm³/mol. The maximum Gasteiger partial charge on any atom is 0.1000 e. The van der Waals surface area contributed by atoms with Crippen molar-refractivity contribution in [1.29, 1.82) is 0 Å². The van der Waals surface area contributed by atoms with Crippen molar-refractivity contribution in [3.63, 3.8) is 0 Å². The molecule has 20 heavy (non-hydrogen) atoms. The maximum absolute atomic E-state index is 10.8. The van der Waals surface area contributed by atoms with Crippen molar-refractivity contribution in [2.24, 2.45) is 0 Å². The summed E-state index contributed by atoms with van der Waals surface area (Å²) in [6.07, 6.45) is 2.41. The lowest BCUT2D eigenvalue weighted by atomic mass is 9.93. The Morgan fingerprint density at radius 3 is 2.70 bits per heavy atom. The van der Waals surface area contributed by atoms with Gasteiger partial charge in [0.15, 0.2) is 0 Å². The van der Waals surface area contributed by atoms with Crippen LogP contribution in [0.2, 0.25) is 0 Å². The fourth-order valence-electron chi connectivity index (χ4n) is 2.49. The Kier molecular flexibility index (Phi) is 3.32. The van der Waals surface area contributed by atoms with Crippen LogP contribution in [0.15, 0.2) is 48.7 Å². The molecule has 2 nitrogen and oxygen atoms in total. The van der Waals surface area contributed by atoms with Crippen LogP contribution in [0.5, 0.6) is 0 Å². The van der Waals surface area contributed by atoms with Gasteiger partial charge in [-0.15, -0.1) is 11.3 Å². The topological polar surface area (TPSA) is 33.1 Å². The molecule has 1 atom stereocenters. The number of aliphatic hydroxyl groups is 1. The van der Waals surface area contributed by atoms with E-state index in [1.165, 1.54) is 4.88 Å². The number of nitrogens with zero attached hydrogens (tertiary/aromatic N) is 1. The van der Waals surface area contributed by atoms with Crippen molar-refractivity contribution in [3.05, 3.63) is 64.0 Å². The van der Waals surface area contributed by atoms with Crippen LogP contribution >= 0.6 is 11.3 Å². The molecular weight excluding hydrogens is 266 g/mol. The number of aryl methyl sites for hydroxylation is 1. The maximum atomic E-state index is 10.8. The second kappa shape index (κ2) is 5.00. The van der Waals surface area contributed by atoms with Gasteiger partial charge in [-0.05, 0) is 43.7 Å². The molecule has 0 aliphatic heterocycles. The number of aromatic nitrogens is 1. The monoisotopic (exact) mass is 283 g/mol. The highest BCUT2D eigenvalue weighted by molar-refractivity contribution is 7.12. The van der Waals surface area contributed by atoms with E-state index in [1.807, 2.05) is 43.5 Å². The van der Waals surface area contributed by atoms with Gasteiger partial charge in [0.05, 0.1) is 11.1 Å². The summed E-state index contributed by atoms with van der Waals surface area (Å²) in [5.74, 6) is 0. The Balaban J connectivity index is 2.00. The Bertz CT molecular complexity index is 740. The van der Waals surface area contributed by atoms with Gasteiger partial charge in [0.2, 0.25) is 0 Å². The number of hydrogen-bond acceptors (Lipinski definition) is 3. The third-order valence-corrected chi connectivity index (χ3v) is 4.80. The van der Waals surface area contributed by atoms with Crippen molar-refractivity contribution in [3.8, 4) is 0 Å². The molecule has 0 saturated heterocycles. The van der Waals surface area contributed by atoms with E-state index in [2.05, 4.69) is 24.0 Å². The van der Waals surface area contributed by atoms with Crippen molar-refractivity contribution in [1.82, 2.24) is 4.98 Å². The molecule has 102 valence electrons. The average molecular weight is 283 g/mol. The van der Waals surface area contributed by atoms with Gasteiger partial charge in [-0.25, -0.2) is 0 Å². The summed E-state index contributed by atoms with van der Waals surface area (Å²) in [4.78, 5) is 6.60. The van der Waals surface area contributed by atoms with Crippen LogP contribution in [0.3, 0.4) is 0 Å². The van der Waals surface area contributed by atoms with Gasteiger partial charge in [0.1, 0.15) is 0 Å². The molecule has 0 radical (unpaired) electrons. The highest BCUT2D eigenvalue weighted by atomic mass is 32.1. The SMILES string of the molecule is Cc1ccc(C(C)(O)Cc2ccnc3ccccc23)s1. The molecule has 3 heteroatoms. The van der Waals surface area contributed by atoms with Gasteiger partial charge in [0, 0.05) is 27.8 Å². The molecule has 2 heterocycles. The first-order valence-corrected chi connectivity index (χ1v) is 7.50. The predicted octanol–water partition coefficient (Wildman–Crippen LogP) is 4.05. The van der Waals surface area contributed by atoms with Crippen LogP contribution in [0.4, 0.5) is 0 Å². The van der Waals surface area contributed by atoms with Crippen molar-refractivity contribution < 1.29 is 5.11 Å². The molecule has 3 aromatic rings. The van der Waals surface area contributed by atoms with Crippen LogP contribution in [0, 0.1) is 6.92 Å². The van der Waals surface area contributed by atoms with Crippen LogP contribution < -0.4 is 0 Å². The lowest BCUT2D eigenvalue weighted by molar-refractivity contribution is 0.0618. The normalized spacial score (nSPS) is 14.3. The number of benzene rings is 1. The summed E-state index contributed by atoms with van der Waals surface area (Å²) in [6, 6.07) is 14.1. The Labute approximate surface area is 122 Å². The summed E-state index contributed by atoms with van der Waals surface area (Å²) in [5, 5.41) is 11.9. The van der Waals surface area contributed by atoms with Crippen molar-refractivity contribution in [2.45, 2.75) is 25.9 Å². The third kappa shape index (κ3) is 2.47. The number of pyridine rings is 1. The van der Waals surface area contributed by atoms with E-state index in [-0.39, 0.29) is 0 Å². The van der Waals surface area contributed by atoms with Crippen LogP contribution in [0.1, 0.15) is 22.2 Å². The standard InChI is InChI=1S/C17H17NOS/c1-12-7-8-16(20-12)17(2,19)11-13-9-10-18-15-6-4-3-5-14(13)15/h3-10,19H,11H2,1-2H3. The first-order chi connectivity index (χ1) is 9.56. The lowest BCUT2D eigenvalue weighted by Crippen LogP contribution is -2.23. The number of thiophene rings is 1. The molecule has 0 aliphatic carbocycles. The van der Waals surface area contributed by atoms with Crippen molar-refractivity contribution >= 4 is 22.2 Å². The number of fused-ring (bicyclic) bond motifs is 1. The highest BCUT2D eigenvalue weighted by Gasteiger charge is 2.26. The van der Waals surface area contributed by atoms with E-state index in [4.69, 9.17) is 0 Å². The number of hydrogen-bond donors (Lipinski definition) is 1. The molecule has 0 aliphatic rings. The molecule has 1 aromatic carbocycles. The summed E-state index contributed by atoms with van der Waals surface area (Å²) in [6.45, 7) is 3.94. The van der Waals surface area contributed by atoms with Gasteiger partial charge in [-0.1, -0.05) is 18.2 Å². The molecule has 0 spiro atoms. The zero-order valence-electron chi connectivity index (χ0n) is 11.6. The minimum Gasteiger partial charge on any atom is -0.384 e. The molecule has 1 unspecified atom stereocenters. The first-order valence-electron chi connectivity index (χ1n) is 6.68. The first kappa shape index (κ1) is 13.3. The average Bonchev–Trinajstić information content (AvgIpc) is 2.86. The summed E-state index contributed by atoms with van der Waals surface area (Å²) < 4.78 is 0. The lowest BCUT2D eigenvalue weighted by Gasteiger charge is -2.22. The molecule has 2 aromatic heterocycles. The van der Waals surface area contributed by atoms with E-state index in [9.17, 15) is 5.11 Å². The zero-order chi connectivity index (χ0) is 14.2. The van der Waals surface area contributed by atoms with E-state index < -0.39 is 5.60 Å². The number of para-hydroxylation sites is 1. The van der Waals surface area contributed by atoms with Crippen molar-refractivity contribution in [2.75, 3.05) is 0 Å². The second-order valence-corrected chi connectivity index (χ2v) is 6.64. The molecular formula is C17H17NOS. The van der Waals surface area contributed by atoms with Crippen LogP contribution in [0.25, 0.3) is 10.9 Å². The van der Waals surface area contributed by atoms with Gasteiger partial charge in [-0.2, -0.15) is 0 Å². The fourth-order valence-corrected chi connectivity index (χ4v) is 3.40. The Morgan fingerprint density at radius 1 is 1.15 bits per heavy atom. The zero-order valence-corrected chi connectivity index (χ0v) is 12.4. The van der Waals surface area contributed by atoms with Crippen LogP contribution in [-0.4, -0.2) is 10.1 Å². The van der Waals surface area contributed by atoms with E-state index in [0.29, 0.717) is 6.42 Å². The minimum atomic E-state index is -0.844. The Morgan fingerprint density at radius 2 is 1.95 bits per heavy atom. The fraction of sp³-hybridized carbons (Fsp3) is 0.235. The van der Waals surface area contributed by atoms with E-state index >= 15 is 0 Å². The summed E-state index contributed by atoms with van der Waals surface area (Å²) >= 11 is 1.65. The van der Waals surface area contributed by atoms with E-state index in [1.54, 1.807) is 11.3 Å². The molecule has 1 N–H and O–H groups in total. The number of rotatable bonds is 3. The molecule has 3 rings (SSSR count). The highest BCUT2D eigenvalue weighted by Crippen LogP contribution is 2.32. The molecule has 0 amide bonds. The molecule has 0 bridgehead atoms. The quantitative estimate of drug-likeness (QED) is 0.786. The third-order valence-electron chi connectivity index (χ3n) is 3.55. The van der Waals surface area contributed by atoms with Crippen LogP contribution in [-0.2, 0) is 12.0 Å². The van der Waals surface area contributed by atoms with Gasteiger partial charge >= 0.3 is 0 Å². The largest absolute Gasteiger partial charge is 0.384 e. The van der Waals surface area contributed by atoms with Gasteiger partial charge < -0.3 is 5.11 Å². The van der Waals surface area contributed by atoms with Gasteiger partial charge in [0.25, 0.3) is 0 Å².